The SMILES string of the molecule is Cc1cc(N)cc(Nc2c(F)ccc(C)c2F)c1. The molecule has 3 N–H and O–H groups in total. The summed E-state index contributed by atoms with van der Waals surface area (Å²) in [6.07, 6.45) is 0. The molecule has 0 aliphatic heterocycles. The lowest BCUT2D eigenvalue weighted by atomic mass is 10.1. The zero-order chi connectivity index (χ0) is 13.3. The Bertz CT molecular complexity index is 574. The van der Waals surface area contributed by atoms with Gasteiger partial charge in [-0.25, -0.2) is 8.78 Å². The van der Waals surface area contributed by atoms with Gasteiger partial charge in [0.1, 0.15) is 11.5 Å². The van der Waals surface area contributed by atoms with Crippen LogP contribution in [0.4, 0.5) is 25.8 Å². The minimum Gasteiger partial charge on any atom is -0.399 e. The van der Waals surface area contributed by atoms with E-state index in [1.165, 1.54) is 12.1 Å². The number of halogens is 2. The molecule has 2 aromatic rings. The maximum Gasteiger partial charge on any atom is 0.152 e. The summed E-state index contributed by atoms with van der Waals surface area (Å²) >= 11 is 0. The molecule has 0 saturated heterocycles. The van der Waals surface area contributed by atoms with Gasteiger partial charge in [0.15, 0.2) is 5.82 Å². The smallest absolute Gasteiger partial charge is 0.152 e. The summed E-state index contributed by atoms with van der Waals surface area (Å²) in [4.78, 5) is 0. The molecule has 0 spiro atoms. The highest BCUT2D eigenvalue weighted by Gasteiger charge is 2.11. The molecule has 0 heterocycles. The number of hydrogen-bond acceptors (Lipinski definition) is 2. The topological polar surface area (TPSA) is 38.0 Å². The molecular weight excluding hydrogens is 234 g/mol. The van der Waals surface area contributed by atoms with Gasteiger partial charge in [0.25, 0.3) is 0 Å². The van der Waals surface area contributed by atoms with Crippen molar-refractivity contribution in [3.63, 3.8) is 0 Å². The fraction of sp³-hybridized carbons (Fsp3) is 0.143. The van der Waals surface area contributed by atoms with E-state index in [1.54, 1.807) is 25.1 Å². The zero-order valence-corrected chi connectivity index (χ0v) is 10.2. The van der Waals surface area contributed by atoms with Crippen LogP contribution in [0.5, 0.6) is 0 Å². The van der Waals surface area contributed by atoms with E-state index in [9.17, 15) is 8.78 Å². The standard InChI is InChI=1S/C14H14F2N2/c1-8-5-10(17)7-11(6-8)18-14-12(15)4-3-9(2)13(14)16/h3-7,18H,17H2,1-2H3. The van der Waals surface area contributed by atoms with Crippen molar-refractivity contribution in [2.45, 2.75) is 13.8 Å². The maximum absolute atomic E-state index is 13.8. The van der Waals surface area contributed by atoms with Crippen molar-refractivity contribution in [2.24, 2.45) is 0 Å². The second kappa shape index (κ2) is 4.64. The van der Waals surface area contributed by atoms with E-state index >= 15 is 0 Å². The first kappa shape index (κ1) is 12.4. The lowest BCUT2D eigenvalue weighted by molar-refractivity contribution is 0.585. The Morgan fingerprint density at radius 1 is 1.06 bits per heavy atom. The summed E-state index contributed by atoms with van der Waals surface area (Å²) in [5, 5.41) is 2.73. The first-order valence-corrected chi connectivity index (χ1v) is 5.56. The second-order valence-corrected chi connectivity index (χ2v) is 4.31. The summed E-state index contributed by atoms with van der Waals surface area (Å²) in [5.74, 6) is -1.21. The summed E-state index contributed by atoms with van der Waals surface area (Å²) in [6, 6.07) is 7.83. The van der Waals surface area contributed by atoms with Crippen LogP contribution in [0.15, 0.2) is 30.3 Å². The molecule has 0 bridgehead atoms. The van der Waals surface area contributed by atoms with Gasteiger partial charge in [0, 0.05) is 11.4 Å². The molecule has 0 amide bonds. The van der Waals surface area contributed by atoms with E-state index < -0.39 is 11.6 Å². The van der Waals surface area contributed by atoms with Crippen molar-refractivity contribution >= 4 is 17.1 Å². The predicted octanol–water partition coefficient (Wildman–Crippen LogP) is 3.91. The van der Waals surface area contributed by atoms with Crippen molar-refractivity contribution in [3.05, 3.63) is 53.1 Å². The van der Waals surface area contributed by atoms with Gasteiger partial charge in [-0.3, -0.25) is 0 Å². The van der Waals surface area contributed by atoms with Gasteiger partial charge in [-0.2, -0.15) is 0 Å². The van der Waals surface area contributed by atoms with Crippen LogP contribution in [0, 0.1) is 25.5 Å². The van der Waals surface area contributed by atoms with Crippen LogP contribution in [0.2, 0.25) is 0 Å². The minimum absolute atomic E-state index is 0.153. The molecule has 2 nitrogen and oxygen atoms in total. The van der Waals surface area contributed by atoms with Gasteiger partial charge in [-0.05, 0) is 49.2 Å². The normalized spacial score (nSPS) is 10.4. The van der Waals surface area contributed by atoms with Crippen LogP contribution < -0.4 is 11.1 Å². The number of anilines is 3. The molecule has 0 saturated carbocycles. The van der Waals surface area contributed by atoms with Crippen LogP contribution in [0.25, 0.3) is 0 Å². The summed E-state index contributed by atoms with van der Waals surface area (Å²) in [6.45, 7) is 3.45. The van der Waals surface area contributed by atoms with Crippen molar-refractivity contribution in [2.75, 3.05) is 11.1 Å². The van der Waals surface area contributed by atoms with Gasteiger partial charge in [0.2, 0.25) is 0 Å². The quantitative estimate of drug-likeness (QED) is 0.791. The molecule has 0 fully saturated rings. The van der Waals surface area contributed by atoms with E-state index in [1.807, 2.05) is 6.92 Å². The summed E-state index contributed by atoms with van der Waals surface area (Å²) in [5.41, 5.74) is 7.96. The van der Waals surface area contributed by atoms with Crippen molar-refractivity contribution in [3.8, 4) is 0 Å². The van der Waals surface area contributed by atoms with Gasteiger partial charge in [-0.15, -0.1) is 0 Å². The average Bonchev–Trinajstić information content (AvgIpc) is 2.28. The molecule has 0 aliphatic carbocycles. The summed E-state index contributed by atoms with van der Waals surface area (Å²) in [7, 11) is 0. The van der Waals surface area contributed by atoms with Gasteiger partial charge < -0.3 is 11.1 Å². The lowest BCUT2D eigenvalue weighted by Gasteiger charge is -2.11. The van der Waals surface area contributed by atoms with Crippen LogP contribution in [-0.4, -0.2) is 0 Å². The fourth-order valence-corrected chi connectivity index (χ4v) is 1.80. The zero-order valence-electron chi connectivity index (χ0n) is 10.2. The van der Waals surface area contributed by atoms with Crippen LogP contribution >= 0.6 is 0 Å². The van der Waals surface area contributed by atoms with Crippen LogP contribution in [0.3, 0.4) is 0 Å². The Kier molecular flexibility index (Phi) is 3.19. The monoisotopic (exact) mass is 248 g/mol. The maximum atomic E-state index is 13.8. The first-order chi connectivity index (χ1) is 8.47. The molecule has 4 heteroatoms. The molecule has 94 valence electrons. The number of nitrogens with one attached hydrogen (secondary N) is 1. The van der Waals surface area contributed by atoms with Crippen LogP contribution in [0.1, 0.15) is 11.1 Å². The summed E-state index contributed by atoms with van der Waals surface area (Å²) < 4.78 is 27.4. The molecule has 0 aromatic heterocycles. The van der Waals surface area contributed by atoms with Crippen molar-refractivity contribution < 1.29 is 8.78 Å². The second-order valence-electron chi connectivity index (χ2n) is 4.31. The molecule has 0 atom stereocenters. The van der Waals surface area contributed by atoms with Crippen molar-refractivity contribution in [1.29, 1.82) is 0 Å². The molecule has 0 radical (unpaired) electrons. The molecule has 18 heavy (non-hydrogen) atoms. The molecule has 0 aliphatic rings. The highest BCUT2D eigenvalue weighted by Crippen LogP contribution is 2.27. The third-order valence-electron chi connectivity index (χ3n) is 2.65. The van der Waals surface area contributed by atoms with Gasteiger partial charge in [-0.1, -0.05) is 6.07 Å². The third-order valence-corrected chi connectivity index (χ3v) is 2.65. The number of hydrogen-bond donors (Lipinski definition) is 2. The average molecular weight is 248 g/mol. The van der Waals surface area contributed by atoms with E-state index in [4.69, 9.17) is 5.73 Å². The predicted molar refractivity (Wildman–Crippen MR) is 70.0 cm³/mol. The highest BCUT2D eigenvalue weighted by atomic mass is 19.1. The third kappa shape index (κ3) is 2.42. The number of rotatable bonds is 2. The number of nitrogen functional groups attached to an aromatic ring is 1. The fourth-order valence-electron chi connectivity index (χ4n) is 1.80. The molecule has 2 rings (SSSR count). The van der Waals surface area contributed by atoms with E-state index in [-0.39, 0.29) is 5.69 Å². The largest absolute Gasteiger partial charge is 0.399 e. The van der Waals surface area contributed by atoms with Crippen molar-refractivity contribution in [1.82, 2.24) is 0 Å². The Morgan fingerprint density at radius 3 is 2.44 bits per heavy atom. The van der Waals surface area contributed by atoms with Gasteiger partial charge >= 0.3 is 0 Å². The first-order valence-electron chi connectivity index (χ1n) is 5.56. The highest BCUT2D eigenvalue weighted by molar-refractivity contribution is 5.66. The van der Waals surface area contributed by atoms with Gasteiger partial charge in [0.05, 0.1) is 0 Å². The Labute approximate surface area is 104 Å². The molecule has 2 aromatic carbocycles. The minimum atomic E-state index is -0.627. The molecule has 0 unspecified atom stereocenters. The number of benzene rings is 2. The number of nitrogens with two attached hydrogens (primary N) is 1. The lowest BCUT2D eigenvalue weighted by Crippen LogP contribution is -2.00. The van der Waals surface area contributed by atoms with E-state index in [0.29, 0.717) is 16.9 Å². The van der Waals surface area contributed by atoms with E-state index in [2.05, 4.69) is 5.32 Å². The molecular formula is C14H14F2N2. The Hall–Kier alpha value is -2.10. The Morgan fingerprint density at radius 2 is 1.78 bits per heavy atom. The van der Waals surface area contributed by atoms with E-state index in [0.717, 1.165) is 5.56 Å². The number of aryl methyl sites for hydroxylation is 2. The Balaban J connectivity index is 2.42. The van der Waals surface area contributed by atoms with Crippen LogP contribution in [-0.2, 0) is 0 Å².